The van der Waals surface area contributed by atoms with Crippen molar-refractivity contribution in [3.63, 3.8) is 0 Å². The lowest BCUT2D eigenvalue weighted by molar-refractivity contribution is 0.0946. The van der Waals surface area contributed by atoms with Gasteiger partial charge >= 0.3 is 0 Å². The first-order chi connectivity index (χ1) is 20.4. The van der Waals surface area contributed by atoms with Gasteiger partial charge in [0.15, 0.2) is 17.2 Å². The molecule has 1 amide bonds. The van der Waals surface area contributed by atoms with Crippen molar-refractivity contribution in [3.05, 3.63) is 70.5 Å². The Morgan fingerprint density at radius 3 is 2.71 bits per heavy atom. The highest BCUT2D eigenvalue weighted by atomic mass is 16.6. The summed E-state index contributed by atoms with van der Waals surface area (Å²) in [4.78, 5) is 15.4. The number of carbonyl (C=O) groups is 1. The zero-order valence-corrected chi connectivity index (χ0v) is 24.0. The van der Waals surface area contributed by atoms with Gasteiger partial charge in [0, 0.05) is 6.54 Å². The van der Waals surface area contributed by atoms with Gasteiger partial charge in [0.1, 0.15) is 6.61 Å². The molecule has 0 unspecified atom stereocenters. The third kappa shape index (κ3) is 6.74. The Labute approximate surface area is 243 Å². The van der Waals surface area contributed by atoms with Crippen molar-refractivity contribution in [1.82, 2.24) is 35.6 Å². The molecule has 4 aromatic rings. The Kier molecular flexibility index (Phi) is 9.07. The van der Waals surface area contributed by atoms with Crippen molar-refractivity contribution in [3.8, 4) is 17.3 Å². The summed E-state index contributed by atoms with van der Waals surface area (Å²) >= 11 is 0. The standard InChI is InChI=1S/C29H35N9O4/c1-4-40-25-15-21(9-10-24(25)41-18-22-8-6-5-7-20(22)3)16-31-33-29(39)26-23(17-37-13-11-19(2)12-14-37)38(36-32-26)28-27(30)34-42-35-28/h5-10,15-16,19H,4,11-14,17-18H2,1-3H3,(H2,30,34)(H,33,39)/b31-16-. The number of rotatable bonds is 11. The summed E-state index contributed by atoms with van der Waals surface area (Å²) in [6, 6.07) is 13.5. The maximum absolute atomic E-state index is 13.2. The lowest BCUT2D eigenvalue weighted by atomic mass is 9.99. The van der Waals surface area contributed by atoms with E-state index in [2.05, 4.69) is 56.0 Å². The molecule has 3 N–H and O–H groups in total. The van der Waals surface area contributed by atoms with E-state index in [1.54, 1.807) is 0 Å². The molecule has 5 rings (SSSR count). The largest absolute Gasteiger partial charge is 0.490 e. The molecule has 13 heteroatoms. The summed E-state index contributed by atoms with van der Waals surface area (Å²) < 4.78 is 18.0. The van der Waals surface area contributed by atoms with E-state index in [9.17, 15) is 4.79 Å². The van der Waals surface area contributed by atoms with Crippen molar-refractivity contribution < 1.29 is 18.9 Å². The molecule has 42 heavy (non-hydrogen) atoms. The van der Waals surface area contributed by atoms with Crippen molar-refractivity contribution in [2.45, 2.75) is 46.8 Å². The van der Waals surface area contributed by atoms with E-state index in [0.29, 0.717) is 42.9 Å². The number of benzene rings is 2. The summed E-state index contributed by atoms with van der Waals surface area (Å²) in [5.41, 5.74) is 12.1. The number of hydrogen-bond donors (Lipinski definition) is 2. The fraction of sp³-hybridized carbons (Fsp3) is 0.379. The first kappa shape index (κ1) is 28.7. The fourth-order valence-electron chi connectivity index (χ4n) is 4.70. The summed E-state index contributed by atoms with van der Waals surface area (Å²) in [7, 11) is 0. The minimum Gasteiger partial charge on any atom is -0.490 e. The molecule has 0 radical (unpaired) electrons. The zero-order valence-electron chi connectivity index (χ0n) is 24.0. The third-order valence-corrected chi connectivity index (χ3v) is 7.22. The third-order valence-electron chi connectivity index (χ3n) is 7.22. The van der Waals surface area contributed by atoms with Gasteiger partial charge in [0.25, 0.3) is 5.91 Å². The number of nitrogens with two attached hydrogens (primary N) is 1. The molecule has 0 atom stereocenters. The number of aryl methyl sites for hydroxylation is 1. The van der Waals surface area contributed by atoms with Crippen molar-refractivity contribution in [2.24, 2.45) is 11.0 Å². The molecule has 1 saturated heterocycles. The van der Waals surface area contributed by atoms with Crippen LogP contribution in [0, 0.1) is 12.8 Å². The number of hydrazone groups is 1. The van der Waals surface area contributed by atoms with Gasteiger partial charge in [0.05, 0.1) is 18.5 Å². The predicted molar refractivity (Wildman–Crippen MR) is 155 cm³/mol. The molecule has 2 aromatic heterocycles. The molecule has 0 aliphatic carbocycles. The van der Waals surface area contributed by atoms with Crippen LogP contribution in [0.5, 0.6) is 11.5 Å². The Morgan fingerprint density at radius 2 is 1.98 bits per heavy atom. The molecule has 0 bridgehead atoms. The van der Waals surface area contributed by atoms with Crippen LogP contribution in [-0.4, -0.2) is 62.0 Å². The number of amides is 1. The van der Waals surface area contributed by atoms with E-state index >= 15 is 0 Å². The van der Waals surface area contributed by atoms with Crippen LogP contribution in [0.2, 0.25) is 0 Å². The van der Waals surface area contributed by atoms with Crippen LogP contribution in [0.3, 0.4) is 0 Å². The number of anilines is 1. The molecule has 1 fully saturated rings. The second kappa shape index (κ2) is 13.3. The van der Waals surface area contributed by atoms with Gasteiger partial charge in [-0.2, -0.15) is 9.78 Å². The number of ether oxygens (including phenoxy) is 2. The Bertz CT molecular complexity index is 1540. The van der Waals surface area contributed by atoms with Crippen LogP contribution in [0.25, 0.3) is 5.82 Å². The zero-order chi connectivity index (χ0) is 29.5. The smallest absolute Gasteiger partial charge is 0.293 e. The van der Waals surface area contributed by atoms with Gasteiger partial charge in [-0.3, -0.25) is 9.69 Å². The van der Waals surface area contributed by atoms with Crippen molar-refractivity contribution in [1.29, 1.82) is 0 Å². The maximum atomic E-state index is 13.2. The molecule has 0 saturated carbocycles. The van der Waals surface area contributed by atoms with E-state index in [-0.39, 0.29) is 17.3 Å². The van der Waals surface area contributed by atoms with Gasteiger partial charge in [0.2, 0.25) is 11.6 Å². The van der Waals surface area contributed by atoms with Gasteiger partial charge in [-0.25, -0.2) is 10.1 Å². The second-order valence-corrected chi connectivity index (χ2v) is 10.3. The highest BCUT2D eigenvalue weighted by Gasteiger charge is 2.27. The molecule has 2 aromatic carbocycles. The van der Waals surface area contributed by atoms with Gasteiger partial charge in [-0.1, -0.05) is 36.4 Å². The number of hydrogen-bond acceptors (Lipinski definition) is 11. The number of carbonyl (C=O) groups excluding carboxylic acids is 1. The van der Waals surface area contributed by atoms with E-state index in [1.807, 2.05) is 43.3 Å². The molecule has 13 nitrogen and oxygen atoms in total. The molecule has 1 aliphatic rings. The van der Waals surface area contributed by atoms with E-state index in [0.717, 1.165) is 42.6 Å². The number of likely N-dealkylation sites (tertiary alicyclic amines) is 1. The Balaban J connectivity index is 1.30. The molecular formula is C29H35N9O4. The number of nitrogens with one attached hydrogen (secondary N) is 1. The molecule has 3 heterocycles. The van der Waals surface area contributed by atoms with Crippen molar-refractivity contribution >= 4 is 17.9 Å². The normalized spacial score (nSPS) is 14.4. The van der Waals surface area contributed by atoms with Crippen LogP contribution >= 0.6 is 0 Å². The van der Waals surface area contributed by atoms with Crippen LogP contribution < -0.4 is 20.6 Å². The minimum atomic E-state index is -0.517. The molecule has 220 valence electrons. The first-order valence-corrected chi connectivity index (χ1v) is 14.0. The number of nitrogens with zero attached hydrogens (tertiary/aromatic N) is 7. The molecule has 0 spiro atoms. The number of piperidine rings is 1. The topological polar surface area (TPSA) is 159 Å². The summed E-state index contributed by atoms with van der Waals surface area (Å²) in [5, 5.41) is 19.9. The van der Waals surface area contributed by atoms with Crippen LogP contribution in [-0.2, 0) is 13.2 Å². The Hall–Kier alpha value is -4.78. The SMILES string of the molecule is CCOc1cc(/C=N\NC(=O)c2nnn(-c3nonc3N)c2CN2CCC(C)CC2)ccc1OCc1ccccc1C. The minimum absolute atomic E-state index is 0.0508. The highest BCUT2D eigenvalue weighted by molar-refractivity contribution is 5.94. The van der Waals surface area contributed by atoms with Crippen LogP contribution in [0.4, 0.5) is 5.82 Å². The first-order valence-electron chi connectivity index (χ1n) is 14.0. The maximum Gasteiger partial charge on any atom is 0.293 e. The lowest BCUT2D eigenvalue weighted by Gasteiger charge is -2.30. The monoisotopic (exact) mass is 573 g/mol. The van der Waals surface area contributed by atoms with Gasteiger partial charge in [-0.15, -0.1) is 5.10 Å². The summed E-state index contributed by atoms with van der Waals surface area (Å²) in [5.74, 6) is 1.58. The van der Waals surface area contributed by atoms with E-state index < -0.39 is 5.91 Å². The van der Waals surface area contributed by atoms with Gasteiger partial charge in [-0.05, 0) is 90.9 Å². The molecular weight excluding hydrogens is 538 g/mol. The second-order valence-electron chi connectivity index (χ2n) is 10.3. The van der Waals surface area contributed by atoms with Crippen molar-refractivity contribution in [2.75, 3.05) is 25.4 Å². The summed E-state index contributed by atoms with van der Waals surface area (Å²) in [6.07, 6.45) is 3.67. The number of aromatic nitrogens is 5. The highest BCUT2D eigenvalue weighted by Crippen LogP contribution is 2.29. The number of nitrogen functional groups attached to an aromatic ring is 1. The average Bonchev–Trinajstić information content (AvgIpc) is 3.60. The predicted octanol–water partition coefficient (Wildman–Crippen LogP) is 3.51. The fourth-order valence-corrected chi connectivity index (χ4v) is 4.70. The van der Waals surface area contributed by atoms with Crippen LogP contribution in [0.1, 0.15) is 59.6 Å². The quantitative estimate of drug-likeness (QED) is 0.201. The molecule has 1 aliphatic heterocycles. The average molecular weight is 574 g/mol. The van der Waals surface area contributed by atoms with Gasteiger partial charge < -0.3 is 15.2 Å². The summed E-state index contributed by atoms with van der Waals surface area (Å²) in [6.45, 7) is 9.31. The van der Waals surface area contributed by atoms with E-state index in [4.69, 9.17) is 19.8 Å². The van der Waals surface area contributed by atoms with E-state index in [1.165, 1.54) is 10.9 Å². The van der Waals surface area contributed by atoms with Crippen LogP contribution in [0.15, 0.2) is 52.2 Å². The lowest BCUT2D eigenvalue weighted by Crippen LogP contribution is -2.34. The Morgan fingerprint density at radius 1 is 1.17 bits per heavy atom.